The quantitative estimate of drug-likeness (QED) is 0.613. The summed E-state index contributed by atoms with van der Waals surface area (Å²) in [5, 5.41) is 2.30. The molecule has 5 nitrogen and oxygen atoms in total. The second kappa shape index (κ2) is 9.66. The third kappa shape index (κ3) is 7.08. The number of amides is 2. The number of rotatable bonds is 7. The zero-order valence-corrected chi connectivity index (χ0v) is 18.5. The van der Waals surface area contributed by atoms with E-state index in [-0.39, 0.29) is 29.0 Å². The smallest absolute Gasteiger partial charge is 0.250 e. The zero-order chi connectivity index (χ0) is 23.6. The van der Waals surface area contributed by atoms with Crippen LogP contribution in [0.5, 0.6) is 0 Å². The summed E-state index contributed by atoms with van der Waals surface area (Å²) in [5.41, 5.74) is -0.978. The molecule has 2 amide bonds. The molecule has 0 saturated carbocycles. The first kappa shape index (κ1) is 25.9. The Morgan fingerprint density at radius 2 is 1.68 bits per heavy atom. The second-order valence-corrected chi connectivity index (χ2v) is 9.14. The van der Waals surface area contributed by atoms with Crippen LogP contribution in [-0.4, -0.2) is 86.5 Å². The molecule has 0 aliphatic carbocycles. The normalized spacial score (nSPS) is 16.6. The number of likely N-dealkylation sites (tertiary alicyclic amines) is 1. The first-order valence-electron chi connectivity index (χ1n) is 9.87. The van der Waals surface area contributed by atoms with Gasteiger partial charge in [-0.05, 0) is 69.2 Å². The van der Waals surface area contributed by atoms with Gasteiger partial charge in [-0.3, -0.25) is 14.5 Å². The van der Waals surface area contributed by atoms with E-state index in [1.807, 2.05) is 4.90 Å². The topological polar surface area (TPSA) is 61.4 Å². The lowest BCUT2D eigenvalue weighted by Gasteiger charge is -2.43. The maximum Gasteiger partial charge on any atom is 0.250 e. The Bertz CT molecular complexity index is 807. The number of hydrogen-bond acceptors (Lipinski definition) is 3. The van der Waals surface area contributed by atoms with Crippen LogP contribution in [0.3, 0.4) is 0 Å². The summed E-state index contributed by atoms with van der Waals surface area (Å²) in [6.07, 6.45) is 1.09. The number of hydrogen-bond donors (Lipinski definition) is 2. The Balaban J connectivity index is 1.89. The van der Waals surface area contributed by atoms with Gasteiger partial charge >= 0.3 is 0 Å². The Morgan fingerprint density at radius 3 is 2.19 bits per heavy atom. The summed E-state index contributed by atoms with van der Waals surface area (Å²) < 4.78 is 13.5. The first-order chi connectivity index (χ1) is 14.1. The SMILES string of the molecule is [B]C([B])(NC(=O)c1cc(F)cc(Cl)c1)C1CCN(CC(=O)NC(C)(C)C([B])([B])[B])CC1. The van der Waals surface area contributed by atoms with Crippen LogP contribution in [-0.2, 0) is 4.79 Å². The highest BCUT2D eigenvalue weighted by atomic mass is 35.5. The summed E-state index contributed by atoms with van der Waals surface area (Å²) >= 11 is 5.80. The molecule has 12 heteroatoms. The van der Waals surface area contributed by atoms with Crippen molar-refractivity contribution in [2.75, 3.05) is 19.6 Å². The predicted molar refractivity (Wildman–Crippen MR) is 124 cm³/mol. The maximum absolute atomic E-state index is 13.5. The van der Waals surface area contributed by atoms with Crippen molar-refractivity contribution in [3.63, 3.8) is 0 Å². The van der Waals surface area contributed by atoms with Crippen molar-refractivity contribution in [1.82, 2.24) is 15.5 Å². The van der Waals surface area contributed by atoms with E-state index in [0.29, 0.717) is 25.9 Å². The second-order valence-electron chi connectivity index (χ2n) is 8.70. The fraction of sp³-hybridized carbons (Fsp3) is 0.579. The van der Waals surface area contributed by atoms with Crippen molar-refractivity contribution in [3.8, 4) is 0 Å². The molecule has 1 aliphatic rings. The molecule has 2 N–H and O–H groups in total. The lowest BCUT2D eigenvalue weighted by atomic mass is 9.36. The summed E-state index contributed by atoms with van der Waals surface area (Å²) in [6, 6.07) is 3.48. The molecule has 0 spiro atoms. The van der Waals surface area contributed by atoms with E-state index in [1.165, 1.54) is 6.07 Å². The lowest BCUT2D eigenvalue weighted by Crippen LogP contribution is -2.58. The molecule has 0 bridgehead atoms. The molecular weight excluding hydrogens is 411 g/mol. The largest absolute Gasteiger partial charge is 0.363 e. The van der Waals surface area contributed by atoms with Gasteiger partial charge in [0, 0.05) is 16.1 Å². The molecule has 1 aromatic rings. The maximum atomic E-state index is 13.5. The fourth-order valence-corrected chi connectivity index (χ4v) is 3.55. The predicted octanol–water partition coefficient (Wildman–Crippen LogP) is 0.386. The highest BCUT2D eigenvalue weighted by molar-refractivity contribution is 6.60. The van der Waals surface area contributed by atoms with Gasteiger partial charge in [0.2, 0.25) is 5.91 Å². The molecular formula is C19H22B5ClFN3O2. The highest BCUT2D eigenvalue weighted by Crippen LogP contribution is 2.28. The van der Waals surface area contributed by atoms with Crippen LogP contribution in [0.15, 0.2) is 18.2 Å². The number of carbonyl (C=O) groups is 2. The van der Waals surface area contributed by atoms with Gasteiger partial charge < -0.3 is 10.6 Å². The standard InChI is InChI=1S/C19H22B5ClFN3O2/c1-17(2,19(22,23)24)27-15(30)10-29-5-3-12(4-6-29)18(20,21)28-16(31)11-7-13(25)9-14(26)8-11/h7-9,12H,3-6,10H2,1-2H3,(H,27,30)(H,28,31). The molecule has 1 aromatic carbocycles. The van der Waals surface area contributed by atoms with E-state index in [1.54, 1.807) is 13.8 Å². The van der Waals surface area contributed by atoms with Crippen molar-refractivity contribution in [2.24, 2.45) is 5.92 Å². The van der Waals surface area contributed by atoms with Gasteiger partial charge in [-0.2, -0.15) is 0 Å². The van der Waals surface area contributed by atoms with Crippen LogP contribution in [0, 0.1) is 11.7 Å². The van der Waals surface area contributed by atoms with Crippen molar-refractivity contribution < 1.29 is 14.0 Å². The third-order valence-corrected chi connectivity index (χ3v) is 5.84. The van der Waals surface area contributed by atoms with Crippen LogP contribution >= 0.6 is 11.6 Å². The number of piperidine rings is 1. The Morgan fingerprint density at radius 1 is 1.10 bits per heavy atom. The number of benzene rings is 1. The lowest BCUT2D eigenvalue weighted by molar-refractivity contribution is -0.124. The van der Waals surface area contributed by atoms with Gasteiger partial charge in [0.15, 0.2) is 0 Å². The highest BCUT2D eigenvalue weighted by Gasteiger charge is 2.35. The van der Waals surface area contributed by atoms with Crippen LogP contribution in [0.4, 0.5) is 4.39 Å². The molecule has 10 radical (unpaired) electrons. The van der Waals surface area contributed by atoms with Gasteiger partial charge in [0.1, 0.15) is 5.82 Å². The Hall–Kier alpha value is -1.34. The first-order valence-corrected chi connectivity index (χ1v) is 10.2. The van der Waals surface area contributed by atoms with Crippen LogP contribution in [0.25, 0.3) is 0 Å². The van der Waals surface area contributed by atoms with Crippen molar-refractivity contribution in [1.29, 1.82) is 0 Å². The minimum Gasteiger partial charge on any atom is -0.363 e. The molecule has 1 heterocycles. The number of halogens is 2. The van der Waals surface area contributed by atoms with Crippen molar-refractivity contribution in [2.45, 2.75) is 42.7 Å². The molecule has 1 saturated heterocycles. The van der Waals surface area contributed by atoms with Crippen LogP contribution < -0.4 is 10.6 Å². The van der Waals surface area contributed by atoms with Gasteiger partial charge in [0.05, 0.1) is 45.8 Å². The summed E-state index contributed by atoms with van der Waals surface area (Å²) in [5.74, 6) is -1.77. The molecule has 1 aliphatic heterocycles. The van der Waals surface area contributed by atoms with E-state index in [2.05, 4.69) is 10.6 Å². The fourth-order valence-electron chi connectivity index (χ4n) is 3.32. The molecule has 154 valence electrons. The molecule has 0 unspecified atom stereocenters. The molecule has 0 atom stereocenters. The minimum atomic E-state index is -1.57. The number of nitrogens with one attached hydrogen (secondary N) is 2. The Kier molecular flexibility index (Phi) is 8.07. The average molecular weight is 433 g/mol. The van der Waals surface area contributed by atoms with E-state index >= 15 is 0 Å². The minimum absolute atomic E-state index is 0.0257. The number of carbonyl (C=O) groups excluding carboxylic acids is 2. The van der Waals surface area contributed by atoms with Crippen molar-refractivity contribution >= 4 is 62.6 Å². The molecule has 0 aromatic heterocycles. The van der Waals surface area contributed by atoms with Gasteiger partial charge in [-0.25, -0.2) is 4.39 Å². The van der Waals surface area contributed by atoms with Gasteiger partial charge in [-0.15, -0.1) is 5.11 Å². The van der Waals surface area contributed by atoms with E-state index in [9.17, 15) is 14.0 Å². The summed E-state index contributed by atoms with van der Waals surface area (Å²) in [6.45, 7) is 4.48. The molecule has 31 heavy (non-hydrogen) atoms. The van der Waals surface area contributed by atoms with Crippen LogP contribution in [0.2, 0.25) is 10.1 Å². The van der Waals surface area contributed by atoms with E-state index in [4.69, 9.17) is 50.8 Å². The third-order valence-electron chi connectivity index (χ3n) is 5.62. The monoisotopic (exact) mass is 433 g/mol. The summed E-state index contributed by atoms with van der Waals surface area (Å²) in [7, 11) is 29.4. The van der Waals surface area contributed by atoms with Crippen molar-refractivity contribution in [3.05, 3.63) is 34.6 Å². The summed E-state index contributed by atoms with van der Waals surface area (Å²) in [4.78, 5) is 26.7. The zero-order valence-electron chi connectivity index (χ0n) is 17.8. The van der Waals surface area contributed by atoms with Gasteiger partial charge in [0.25, 0.3) is 5.91 Å². The number of nitrogens with zero attached hydrogens (tertiary/aromatic N) is 1. The average Bonchev–Trinajstić information content (AvgIpc) is 2.59. The van der Waals surface area contributed by atoms with E-state index in [0.717, 1.165) is 12.1 Å². The Labute approximate surface area is 195 Å². The van der Waals surface area contributed by atoms with Gasteiger partial charge in [-0.1, -0.05) is 11.6 Å². The van der Waals surface area contributed by atoms with E-state index < -0.39 is 27.7 Å². The molecule has 2 rings (SSSR count). The molecule has 1 fully saturated rings. The van der Waals surface area contributed by atoms with Crippen LogP contribution in [0.1, 0.15) is 37.0 Å².